The van der Waals surface area contributed by atoms with Gasteiger partial charge in [0, 0.05) is 7.11 Å². The third-order valence-electron chi connectivity index (χ3n) is 2.71. The Kier molecular flexibility index (Phi) is 5.61. The van der Waals surface area contributed by atoms with Crippen molar-refractivity contribution in [1.82, 2.24) is 5.32 Å². The maximum atomic E-state index is 13.6. The van der Waals surface area contributed by atoms with Crippen molar-refractivity contribution in [3.63, 3.8) is 0 Å². The molecular weight excluding hydrogens is 287 g/mol. The summed E-state index contributed by atoms with van der Waals surface area (Å²) >= 11 is 0. The second kappa shape index (κ2) is 6.78. The number of ether oxygens (including phenoxy) is 1. The molecule has 8 heteroatoms. The van der Waals surface area contributed by atoms with E-state index in [0.717, 1.165) is 18.2 Å². The predicted octanol–water partition coefficient (Wildman–Crippen LogP) is 0.628. The monoisotopic (exact) mass is 304 g/mol. The summed E-state index contributed by atoms with van der Waals surface area (Å²) in [6.45, 7) is 2.11. The van der Waals surface area contributed by atoms with Crippen molar-refractivity contribution in [2.45, 2.75) is 24.3 Å². The molecule has 0 aliphatic rings. The second-order valence-corrected chi connectivity index (χ2v) is 5.78. The summed E-state index contributed by atoms with van der Waals surface area (Å²) in [4.78, 5) is 11.6. The molecular formula is C12H17FN2O4S. The molecule has 0 aromatic heterocycles. The van der Waals surface area contributed by atoms with Crippen LogP contribution in [-0.4, -0.2) is 34.1 Å². The lowest BCUT2D eigenvalue weighted by Gasteiger charge is -2.16. The van der Waals surface area contributed by atoms with Crippen molar-refractivity contribution in [2.75, 3.05) is 13.7 Å². The van der Waals surface area contributed by atoms with E-state index >= 15 is 0 Å². The van der Waals surface area contributed by atoms with Crippen LogP contribution >= 0.6 is 0 Å². The fraction of sp³-hybridized carbons (Fsp3) is 0.417. The number of hydrogen-bond acceptors (Lipinski definition) is 4. The highest BCUT2D eigenvalue weighted by atomic mass is 32.2. The van der Waals surface area contributed by atoms with Crippen LogP contribution in [0.5, 0.6) is 0 Å². The quantitative estimate of drug-likeness (QED) is 0.805. The number of nitrogens with two attached hydrogens (primary N) is 1. The first kappa shape index (κ1) is 16.5. The molecule has 0 aliphatic carbocycles. The molecule has 1 rings (SSSR count). The van der Waals surface area contributed by atoms with E-state index in [-0.39, 0.29) is 23.1 Å². The summed E-state index contributed by atoms with van der Waals surface area (Å²) in [6.07, 6.45) is 0.593. The van der Waals surface area contributed by atoms with Gasteiger partial charge in [0.05, 0.1) is 23.1 Å². The Balaban J connectivity index is 3.03. The Morgan fingerprint density at radius 3 is 2.65 bits per heavy atom. The molecule has 1 amide bonds. The van der Waals surface area contributed by atoms with E-state index in [1.807, 2.05) is 6.92 Å². The number of nitrogens with one attached hydrogen (secondary N) is 1. The molecule has 1 aromatic carbocycles. The number of carbonyl (C=O) groups is 1. The van der Waals surface area contributed by atoms with E-state index in [9.17, 15) is 17.6 Å². The Morgan fingerprint density at radius 2 is 2.15 bits per heavy atom. The molecule has 0 radical (unpaired) electrons. The lowest BCUT2D eigenvalue weighted by atomic mass is 10.1. The number of amides is 1. The Morgan fingerprint density at radius 1 is 1.50 bits per heavy atom. The summed E-state index contributed by atoms with van der Waals surface area (Å²) in [5, 5.41) is 7.51. The van der Waals surface area contributed by atoms with Crippen LogP contribution in [0.25, 0.3) is 0 Å². The van der Waals surface area contributed by atoms with Gasteiger partial charge in [-0.2, -0.15) is 0 Å². The van der Waals surface area contributed by atoms with Crippen LogP contribution in [0.4, 0.5) is 4.39 Å². The van der Waals surface area contributed by atoms with Gasteiger partial charge in [0.2, 0.25) is 10.0 Å². The standard InChI is InChI=1S/C12H17FN2O4S/c1-3-8(7-19-2)15-12(16)10-6-9(20(14,17)18)4-5-11(10)13/h4-6,8H,3,7H2,1-2H3,(H,15,16)(H2,14,17,18). The Labute approximate surface area is 117 Å². The minimum atomic E-state index is -3.99. The molecule has 1 atom stereocenters. The summed E-state index contributed by atoms with van der Waals surface area (Å²) in [7, 11) is -2.51. The summed E-state index contributed by atoms with van der Waals surface area (Å²) in [5.74, 6) is -1.53. The number of methoxy groups -OCH3 is 1. The largest absolute Gasteiger partial charge is 0.383 e. The molecule has 6 nitrogen and oxygen atoms in total. The highest BCUT2D eigenvalue weighted by Gasteiger charge is 2.18. The Bertz CT molecular complexity index is 589. The van der Waals surface area contributed by atoms with Crippen LogP contribution < -0.4 is 10.5 Å². The molecule has 1 aromatic rings. The third kappa shape index (κ3) is 4.26. The average Bonchev–Trinajstić information content (AvgIpc) is 2.37. The molecule has 0 fully saturated rings. The van der Waals surface area contributed by atoms with E-state index in [1.165, 1.54) is 7.11 Å². The molecule has 1 unspecified atom stereocenters. The van der Waals surface area contributed by atoms with Crippen molar-refractivity contribution < 1.29 is 22.3 Å². The van der Waals surface area contributed by atoms with E-state index in [4.69, 9.17) is 9.88 Å². The van der Waals surface area contributed by atoms with Gasteiger partial charge in [-0.3, -0.25) is 4.79 Å². The Hall–Kier alpha value is -1.51. The van der Waals surface area contributed by atoms with Gasteiger partial charge >= 0.3 is 0 Å². The molecule has 0 aliphatic heterocycles. The number of benzene rings is 1. The topological polar surface area (TPSA) is 98.5 Å². The SMILES string of the molecule is CCC(COC)NC(=O)c1cc(S(N)(=O)=O)ccc1F. The fourth-order valence-corrected chi connectivity index (χ4v) is 2.12. The maximum absolute atomic E-state index is 13.6. The molecule has 0 bridgehead atoms. The smallest absolute Gasteiger partial charge is 0.254 e. The number of carbonyl (C=O) groups excluding carboxylic acids is 1. The number of halogens is 1. The van der Waals surface area contributed by atoms with Crippen molar-refractivity contribution in [2.24, 2.45) is 5.14 Å². The van der Waals surface area contributed by atoms with Crippen LogP contribution in [0.15, 0.2) is 23.1 Å². The van der Waals surface area contributed by atoms with Gasteiger partial charge in [0.15, 0.2) is 0 Å². The summed E-state index contributed by atoms with van der Waals surface area (Å²) < 4.78 is 40.9. The molecule has 0 heterocycles. The van der Waals surface area contributed by atoms with Crippen molar-refractivity contribution >= 4 is 15.9 Å². The highest BCUT2D eigenvalue weighted by molar-refractivity contribution is 7.89. The number of primary sulfonamides is 1. The van der Waals surface area contributed by atoms with Gasteiger partial charge in [-0.1, -0.05) is 6.92 Å². The molecule has 0 spiro atoms. The second-order valence-electron chi connectivity index (χ2n) is 4.22. The first-order valence-electron chi connectivity index (χ1n) is 5.91. The van der Waals surface area contributed by atoms with Gasteiger partial charge in [-0.25, -0.2) is 17.9 Å². The average molecular weight is 304 g/mol. The van der Waals surface area contributed by atoms with Gasteiger partial charge in [0.25, 0.3) is 5.91 Å². The van der Waals surface area contributed by atoms with E-state index < -0.39 is 21.7 Å². The minimum absolute atomic E-state index is 0.277. The van der Waals surface area contributed by atoms with Gasteiger partial charge in [0.1, 0.15) is 5.82 Å². The predicted molar refractivity (Wildman–Crippen MR) is 71.2 cm³/mol. The third-order valence-corrected chi connectivity index (χ3v) is 3.62. The fourth-order valence-electron chi connectivity index (χ4n) is 1.58. The lowest BCUT2D eigenvalue weighted by Crippen LogP contribution is -2.38. The zero-order chi connectivity index (χ0) is 15.3. The molecule has 112 valence electrons. The van der Waals surface area contributed by atoms with Gasteiger partial charge < -0.3 is 10.1 Å². The highest BCUT2D eigenvalue weighted by Crippen LogP contribution is 2.14. The molecule has 20 heavy (non-hydrogen) atoms. The molecule has 0 saturated carbocycles. The van der Waals surface area contributed by atoms with Crippen molar-refractivity contribution in [1.29, 1.82) is 0 Å². The zero-order valence-electron chi connectivity index (χ0n) is 11.2. The first-order valence-corrected chi connectivity index (χ1v) is 7.46. The van der Waals surface area contributed by atoms with Crippen LogP contribution in [-0.2, 0) is 14.8 Å². The molecule has 0 saturated heterocycles. The normalized spacial score (nSPS) is 13.0. The first-order chi connectivity index (χ1) is 9.29. The van der Waals surface area contributed by atoms with E-state index in [2.05, 4.69) is 5.32 Å². The number of hydrogen-bond donors (Lipinski definition) is 2. The van der Waals surface area contributed by atoms with Crippen LogP contribution in [0.2, 0.25) is 0 Å². The van der Waals surface area contributed by atoms with Crippen LogP contribution in [0.1, 0.15) is 23.7 Å². The lowest BCUT2D eigenvalue weighted by molar-refractivity contribution is 0.0890. The maximum Gasteiger partial charge on any atom is 0.254 e. The number of sulfonamides is 1. The van der Waals surface area contributed by atoms with Gasteiger partial charge in [-0.15, -0.1) is 0 Å². The van der Waals surface area contributed by atoms with Gasteiger partial charge in [-0.05, 0) is 24.6 Å². The zero-order valence-corrected chi connectivity index (χ0v) is 12.0. The van der Waals surface area contributed by atoms with E-state index in [1.54, 1.807) is 0 Å². The van der Waals surface area contributed by atoms with Crippen molar-refractivity contribution in [3.8, 4) is 0 Å². The minimum Gasteiger partial charge on any atom is -0.383 e. The van der Waals surface area contributed by atoms with Crippen molar-refractivity contribution in [3.05, 3.63) is 29.6 Å². The van der Waals surface area contributed by atoms with Crippen LogP contribution in [0, 0.1) is 5.82 Å². The van der Waals surface area contributed by atoms with Crippen LogP contribution in [0.3, 0.4) is 0 Å². The summed E-state index contributed by atoms with van der Waals surface area (Å²) in [5.41, 5.74) is -0.369. The number of rotatable bonds is 6. The summed E-state index contributed by atoms with van der Waals surface area (Å²) in [6, 6.07) is 2.53. The molecule has 3 N–H and O–H groups in total. The van der Waals surface area contributed by atoms with E-state index in [0.29, 0.717) is 6.42 Å².